The molecule has 0 spiro atoms. The fourth-order valence-electron chi connectivity index (χ4n) is 3.23. The lowest BCUT2D eigenvalue weighted by Gasteiger charge is -2.28. The van der Waals surface area contributed by atoms with Gasteiger partial charge in [0.15, 0.2) is 5.69 Å². The molecule has 2 aromatic heterocycles. The van der Waals surface area contributed by atoms with Gasteiger partial charge >= 0.3 is 0 Å². The minimum absolute atomic E-state index is 0.129. The number of amides is 1. The fraction of sp³-hybridized carbons (Fsp3) is 0.529. The Bertz CT molecular complexity index is 714. The summed E-state index contributed by atoms with van der Waals surface area (Å²) in [6, 6.07) is 4.24. The Labute approximate surface area is 136 Å². The molecule has 0 fully saturated rings. The number of furan rings is 1. The molecule has 0 saturated carbocycles. The average Bonchev–Trinajstić information content (AvgIpc) is 3.08. The van der Waals surface area contributed by atoms with Crippen molar-refractivity contribution in [2.75, 3.05) is 14.1 Å². The number of nitrogens with zero attached hydrogens (tertiary/aromatic N) is 3. The Morgan fingerprint density at radius 3 is 2.91 bits per heavy atom. The topological polar surface area (TPSA) is 63.3 Å². The highest BCUT2D eigenvalue weighted by Gasteiger charge is 2.29. The minimum Gasteiger partial charge on any atom is -0.465 e. The number of likely N-dealkylation sites (N-methyl/N-ethyl adjacent to an activating group) is 1. The van der Waals surface area contributed by atoms with E-state index in [1.807, 2.05) is 30.8 Å². The lowest BCUT2D eigenvalue weighted by Crippen LogP contribution is -2.34. The summed E-state index contributed by atoms with van der Waals surface area (Å²) in [5, 5.41) is 7.37. The minimum atomic E-state index is -0.129. The standard InChI is InChI=1S/C17H24N4O2/c1-11-5-7-13(23-11)10-18-17(22)16-14-9-12(20(2)3)6-8-15(14)21(4)19-16/h5,7,12H,6,8-10H2,1-4H3,(H,18,22). The predicted octanol–water partition coefficient (Wildman–Crippen LogP) is 1.67. The molecule has 1 unspecified atom stereocenters. The van der Waals surface area contributed by atoms with Crippen LogP contribution in [0.2, 0.25) is 0 Å². The van der Waals surface area contributed by atoms with Crippen molar-refractivity contribution in [1.82, 2.24) is 20.0 Å². The maximum Gasteiger partial charge on any atom is 0.272 e. The highest BCUT2D eigenvalue weighted by atomic mass is 16.3. The second-order valence-corrected chi connectivity index (χ2v) is 6.45. The lowest BCUT2D eigenvalue weighted by molar-refractivity contribution is 0.0940. The number of aryl methyl sites for hydroxylation is 2. The highest BCUT2D eigenvalue weighted by Crippen LogP contribution is 2.26. The van der Waals surface area contributed by atoms with E-state index >= 15 is 0 Å². The van der Waals surface area contributed by atoms with E-state index in [2.05, 4.69) is 29.4 Å². The van der Waals surface area contributed by atoms with Crippen LogP contribution in [-0.2, 0) is 26.4 Å². The number of carbonyl (C=O) groups is 1. The van der Waals surface area contributed by atoms with E-state index in [1.54, 1.807) is 0 Å². The van der Waals surface area contributed by atoms with Gasteiger partial charge in [-0.25, -0.2) is 0 Å². The van der Waals surface area contributed by atoms with Crippen molar-refractivity contribution in [2.45, 2.75) is 38.8 Å². The molecule has 0 radical (unpaired) electrons. The molecule has 0 bridgehead atoms. The quantitative estimate of drug-likeness (QED) is 0.932. The summed E-state index contributed by atoms with van der Waals surface area (Å²) in [7, 11) is 6.09. The first kappa shape index (κ1) is 15.8. The largest absolute Gasteiger partial charge is 0.465 e. The molecule has 1 amide bonds. The van der Waals surface area contributed by atoms with Crippen LogP contribution in [0.4, 0.5) is 0 Å². The maximum absolute atomic E-state index is 12.5. The SMILES string of the molecule is Cc1ccc(CNC(=O)c2nn(C)c3c2CC(N(C)C)CC3)o1. The Morgan fingerprint density at radius 1 is 1.48 bits per heavy atom. The molecule has 2 heterocycles. The van der Waals surface area contributed by atoms with E-state index in [0.29, 0.717) is 18.3 Å². The Balaban J connectivity index is 1.76. The second kappa shape index (κ2) is 6.20. The molecule has 1 N–H and O–H groups in total. The third kappa shape index (κ3) is 3.17. The van der Waals surface area contributed by atoms with Crippen LogP contribution >= 0.6 is 0 Å². The van der Waals surface area contributed by atoms with Gasteiger partial charge in [-0.3, -0.25) is 9.48 Å². The number of nitrogens with one attached hydrogen (secondary N) is 1. The second-order valence-electron chi connectivity index (χ2n) is 6.45. The first-order valence-electron chi connectivity index (χ1n) is 8.00. The third-order valence-electron chi connectivity index (χ3n) is 4.59. The Hall–Kier alpha value is -2.08. The maximum atomic E-state index is 12.5. The summed E-state index contributed by atoms with van der Waals surface area (Å²) < 4.78 is 7.34. The van der Waals surface area contributed by atoms with Gasteiger partial charge in [0, 0.05) is 24.3 Å². The van der Waals surface area contributed by atoms with Crippen LogP contribution in [0.5, 0.6) is 0 Å². The van der Waals surface area contributed by atoms with Gasteiger partial charge in [-0.2, -0.15) is 5.10 Å². The van der Waals surface area contributed by atoms with Crippen LogP contribution in [0.15, 0.2) is 16.5 Å². The number of aromatic nitrogens is 2. The predicted molar refractivity (Wildman–Crippen MR) is 87.3 cm³/mol. The smallest absolute Gasteiger partial charge is 0.272 e. The molecule has 23 heavy (non-hydrogen) atoms. The summed E-state index contributed by atoms with van der Waals surface area (Å²) >= 11 is 0. The molecule has 6 nitrogen and oxygen atoms in total. The van der Waals surface area contributed by atoms with Gasteiger partial charge in [0.2, 0.25) is 0 Å². The average molecular weight is 316 g/mol. The molecule has 1 atom stereocenters. The summed E-state index contributed by atoms with van der Waals surface area (Å²) in [5.41, 5.74) is 2.82. The molecule has 1 aliphatic rings. The van der Waals surface area contributed by atoms with Crippen molar-refractivity contribution < 1.29 is 9.21 Å². The number of hydrogen-bond donors (Lipinski definition) is 1. The lowest BCUT2D eigenvalue weighted by atomic mass is 9.90. The van der Waals surface area contributed by atoms with Gasteiger partial charge in [0.1, 0.15) is 11.5 Å². The third-order valence-corrected chi connectivity index (χ3v) is 4.59. The van der Waals surface area contributed by atoms with E-state index in [-0.39, 0.29) is 5.91 Å². The van der Waals surface area contributed by atoms with Crippen LogP contribution in [0, 0.1) is 6.92 Å². The van der Waals surface area contributed by atoms with Crippen molar-refractivity contribution in [1.29, 1.82) is 0 Å². The highest BCUT2D eigenvalue weighted by molar-refractivity contribution is 5.94. The normalized spacial score (nSPS) is 17.3. The van der Waals surface area contributed by atoms with Crippen molar-refractivity contribution in [3.05, 3.63) is 40.6 Å². The monoisotopic (exact) mass is 316 g/mol. The van der Waals surface area contributed by atoms with Gasteiger partial charge in [0.25, 0.3) is 5.91 Å². The van der Waals surface area contributed by atoms with E-state index in [0.717, 1.165) is 36.3 Å². The summed E-state index contributed by atoms with van der Waals surface area (Å²) in [5.74, 6) is 1.47. The van der Waals surface area contributed by atoms with E-state index < -0.39 is 0 Å². The van der Waals surface area contributed by atoms with Crippen molar-refractivity contribution in [3.8, 4) is 0 Å². The van der Waals surface area contributed by atoms with Gasteiger partial charge in [-0.05, 0) is 52.4 Å². The van der Waals surface area contributed by atoms with Gasteiger partial charge in [0.05, 0.1) is 6.54 Å². The molecule has 0 aliphatic heterocycles. The molecular weight excluding hydrogens is 292 g/mol. The van der Waals surface area contributed by atoms with E-state index in [4.69, 9.17) is 4.42 Å². The first-order chi connectivity index (χ1) is 11.0. The van der Waals surface area contributed by atoms with Gasteiger partial charge < -0.3 is 14.6 Å². The Kier molecular flexibility index (Phi) is 4.26. The summed E-state index contributed by atoms with van der Waals surface area (Å²) in [6.07, 6.45) is 2.94. The van der Waals surface area contributed by atoms with Gasteiger partial charge in [-0.15, -0.1) is 0 Å². The summed E-state index contributed by atoms with van der Waals surface area (Å²) in [6.45, 7) is 2.27. The van der Waals surface area contributed by atoms with Crippen LogP contribution in [0.25, 0.3) is 0 Å². The number of rotatable bonds is 4. The number of fused-ring (bicyclic) bond motifs is 1. The van der Waals surface area contributed by atoms with Crippen molar-refractivity contribution >= 4 is 5.91 Å². The van der Waals surface area contributed by atoms with E-state index in [1.165, 1.54) is 5.69 Å². The van der Waals surface area contributed by atoms with E-state index in [9.17, 15) is 4.79 Å². The Morgan fingerprint density at radius 2 is 2.26 bits per heavy atom. The van der Waals surface area contributed by atoms with Gasteiger partial charge in [-0.1, -0.05) is 0 Å². The van der Waals surface area contributed by atoms with Crippen molar-refractivity contribution in [2.24, 2.45) is 7.05 Å². The molecule has 2 aromatic rings. The number of carbonyl (C=O) groups excluding carboxylic acids is 1. The van der Waals surface area contributed by atoms with Crippen LogP contribution < -0.4 is 5.32 Å². The molecule has 1 aliphatic carbocycles. The summed E-state index contributed by atoms with van der Waals surface area (Å²) in [4.78, 5) is 14.8. The zero-order valence-corrected chi connectivity index (χ0v) is 14.2. The van der Waals surface area contributed by atoms with Crippen LogP contribution in [0.3, 0.4) is 0 Å². The zero-order chi connectivity index (χ0) is 16.6. The zero-order valence-electron chi connectivity index (χ0n) is 14.2. The van der Waals surface area contributed by atoms with Crippen molar-refractivity contribution in [3.63, 3.8) is 0 Å². The molecule has 0 saturated heterocycles. The first-order valence-corrected chi connectivity index (χ1v) is 8.00. The number of hydrogen-bond acceptors (Lipinski definition) is 4. The molecule has 124 valence electrons. The molecule has 3 rings (SSSR count). The molecule has 6 heteroatoms. The molecule has 0 aromatic carbocycles. The molecular formula is C17H24N4O2. The van der Waals surface area contributed by atoms with Crippen LogP contribution in [-0.4, -0.2) is 40.7 Å². The fourth-order valence-corrected chi connectivity index (χ4v) is 3.23. The van der Waals surface area contributed by atoms with Crippen LogP contribution in [0.1, 0.15) is 39.7 Å².